The van der Waals surface area contributed by atoms with Crippen molar-refractivity contribution in [3.05, 3.63) is 0 Å². The molecule has 0 aromatic heterocycles. The van der Waals surface area contributed by atoms with Crippen LogP contribution in [0.3, 0.4) is 0 Å². The van der Waals surface area contributed by atoms with Gasteiger partial charge in [0.1, 0.15) is 0 Å². The van der Waals surface area contributed by atoms with E-state index in [1.165, 1.54) is 7.06 Å². The van der Waals surface area contributed by atoms with Crippen molar-refractivity contribution in [2.75, 3.05) is 0 Å². The first-order valence-electron chi connectivity index (χ1n) is 3.67. The summed E-state index contributed by atoms with van der Waals surface area (Å²) in [5.41, 5.74) is 0. The summed E-state index contributed by atoms with van der Waals surface area (Å²) in [6.45, 7) is 0. The smallest absolute Gasteiger partial charge is 0 e. The van der Waals surface area contributed by atoms with Crippen molar-refractivity contribution < 1.29 is 18.6 Å². The zero-order valence-corrected chi connectivity index (χ0v) is 8.77. The van der Waals surface area contributed by atoms with Gasteiger partial charge in [-0.25, -0.2) is 0 Å². The maximum atomic E-state index is 5.49. The molecule has 0 saturated heterocycles. The van der Waals surface area contributed by atoms with Gasteiger partial charge in [0, 0.05) is 105 Å². The van der Waals surface area contributed by atoms with Crippen molar-refractivity contribution in [2.45, 2.75) is 0 Å². The van der Waals surface area contributed by atoms with Crippen LogP contribution in [0.15, 0.2) is 0 Å². The van der Waals surface area contributed by atoms with Crippen LogP contribution in [0, 0.1) is 0 Å². The molecule has 0 saturated carbocycles. The molecule has 0 aliphatic heterocycles. The fraction of sp³-hybridized carbons (Fsp3) is 0. The maximum absolute atomic E-state index is 5.49. The van der Waals surface area contributed by atoms with Gasteiger partial charge >= 0.3 is 0 Å². The van der Waals surface area contributed by atoms with Crippen LogP contribution < -0.4 is 0 Å². The van der Waals surface area contributed by atoms with Crippen LogP contribution in [0.1, 0.15) is 0 Å². The summed E-state index contributed by atoms with van der Waals surface area (Å²) in [7, 11) is 35.3. The minimum absolute atomic E-state index is 0. The quantitative estimate of drug-likeness (QED) is 0.374. The minimum Gasteiger partial charge on any atom is 0 e. The van der Waals surface area contributed by atoms with E-state index in [2.05, 4.69) is 0 Å². The molecule has 13 heavy (non-hydrogen) atoms. The molecule has 0 atom stereocenters. The second-order valence-electron chi connectivity index (χ2n) is 2.69. The van der Waals surface area contributed by atoms with Crippen molar-refractivity contribution in [3.63, 3.8) is 0 Å². The zero-order chi connectivity index (χ0) is 9.72. The molecule has 0 aromatic carbocycles. The normalized spacial score (nSPS) is 7.69. The Morgan fingerprint density at radius 2 is 1.23 bits per heavy atom. The van der Waals surface area contributed by atoms with E-state index in [1.54, 1.807) is 7.06 Å². The fourth-order valence-corrected chi connectivity index (χ4v) is 0.834. The van der Waals surface area contributed by atoms with Gasteiger partial charge in [-0.1, -0.05) is 0 Å². The predicted molar refractivity (Wildman–Crippen MR) is 69.0 cm³/mol. The molecule has 0 spiro atoms. The summed E-state index contributed by atoms with van der Waals surface area (Å²) in [4.78, 5) is 0. The maximum Gasteiger partial charge on any atom is 0 e. The van der Waals surface area contributed by atoms with E-state index in [0.29, 0.717) is 0 Å². The van der Waals surface area contributed by atoms with E-state index in [9.17, 15) is 0 Å². The molecule has 0 rings (SSSR count). The van der Waals surface area contributed by atoms with E-state index < -0.39 is 12.8 Å². The van der Waals surface area contributed by atoms with Gasteiger partial charge in [-0.15, -0.1) is 0 Å². The summed E-state index contributed by atoms with van der Waals surface area (Å²) >= 11 is 0. The molecule has 0 aliphatic carbocycles. The molecule has 0 heterocycles. The molecular formula is B12V. The van der Waals surface area contributed by atoms with Gasteiger partial charge in [-0.3, -0.25) is 0 Å². The number of hydrogen-bond donors (Lipinski definition) is 0. The molecular weight excluding hydrogens is 181 g/mol. The van der Waals surface area contributed by atoms with Crippen molar-refractivity contribution in [3.8, 4) is 0 Å². The van der Waals surface area contributed by atoms with Gasteiger partial charge in [-0.2, -0.15) is 0 Å². The van der Waals surface area contributed by atoms with E-state index in [-0.39, 0.29) is 31.3 Å². The summed E-state index contributed by atoms with van der Waals surface area (Å²) in [5.74, 6) is 0. The Morgan fingerprint density at radius 1 is 0.846 bits per heavy atom. The van der Waals surface area contributed by atoms with Crippen molar-refractivity contribution in [1.82, 2.24) is 0 Å². The van der Waals surface area contributed by atoms with Crippen molar-refractivity contribution in [1.29, 1.82) is 0 Å². The van der Waals surface area contributed by atoms with E-state index in [0.717, 1.165) is 0 Å². The minimum atomic E-state index is -0.615. The largest absolute Gasteiger partial charge is 0 e. The third kappa shape index (κ3) is 7.31. The molecule has 0 nitrogen and oxygen atoms in total. The molecule has 0 unspecified atom stereocenters. The summed E-state index contributed by atoms with van der Waals surface area (Å²) in [6.07, 6.45) is -1.95. The Hall–Kier alpha value is 1.36. The van der Waals surface area contributed by atoms with Gasteiger partial charge in [0.15, 0.2) is 0 Å². The molecule has 0 amide bonds. The van der Waals surface area contributed by atoms with Gasteiger partial charge in [0.2, 0.25) is 0 Å². The molecule has 0 fully saturated rings. The van der Waals surface area contributed by atoms with Gasteiger partial charge in [0.05, 0.1) is 0 Å². The Bertz CT molecular complexity index is 99.7. The van der Waals surface area contributed by atoms with Crippen LogP contribution in [0.25, 0.3) is 0 Å². The van der Waals surface area contributed by atoms with Crippen LogP contribution >= 0.6 is 0 Å². The first-order valence-corrected chi connectivity index (χ1v) is 3.67. The number of hydrogen-bond acceptors (Lipinski definition) is 0. The monoisotopic (exact) mass is 183 g/mol. The molecule has 41 valence electrons. The van der Waals surface area contributed by atoms with Crippen molar-refractivity contribution in [2.24, 2.45) is 0 Å². The van der Waals surface area contributed by atoms with Crippen LogP contribution in [0.5, 0.6) is 0 Å². The van der Waals surface area contributed by atoms with Crippen LogP contribution in [0.4, 0.5) is 0 Å². The Kier molecular flexibility index (Phi) is 11.2. The van der Waals surface area contributed by atoms with E-state index in [4.69, 9.17) is 46.4 Å². The van der Waals surface area contributed by atoms with Gasteiger partial charge in [0.25, 0.3) is 0 Å². The third-order valence-corrected chi connectivity index (χ3v) is 1.56. The SMILES string of the molecule is [B][B]B([B])[B]B(B([B])[B])B([B])[B].[V]. The van der Waals surface area contributed by atoms with Crippen molar-refractivity contribution >= 4 is 86.1 Å². The second kappa shape index (κ2) is 8.65. The first kappa shape index (κ1) is 16.8. The molecule has 0 bridgehead atoms. The molecule has 0 aliphatic rings. The molecule has 13 heteroatoms. The Morgan fingerprint density at radius 3 is 1.46 bits per heavy atom. The second-order valence-corrected chi connectivity index (χ2v) is 2.69. The Labute approximate surface area is 104 Å². The van der Waals surface area contributed by atoms with E-state index in [1.807, 2.05) is 0 Å². The fourth-order valence-electron chi connectivity index (χ4n) is 0.834. The predicted octanol–water partition coefficient (Wildman–Crippen LogP) is -4.57. The topological polar surface area (TPSA) is 0 Å². The number of rotatable bonds is 5. The standard InChI is InChI=1S/B12.V/c1-7-11(6)8-12(9(2)3)10(4)5;. The zero-order valence-electron chi connectivity index (χ0n) is 7.38. The average molecular weight is 181 g/mol. The average Bonchev–Trinajstić information content (AvgIpc) is 1.98. The van der Waals surface area contributed by atoms with Gasteiger partial charge in [-0.05, 0) is 0 Å². The van der Waals surface area contributed by atoms with Gasteiger partial charge < -0.3 is 0 Å². The molecule has 0 aromatic rings. The van der Waals surface area contributed by atoms with Crippen LogP contribution in [0.2, 0.25) is 0 Å². The van der Waals surface area contributed by atoms with E-state index >= 15 is 0 Å². The summed E-state index contributed by atoms with van der Waals surface area (Å²) < 4.78 is 0. The Balaban J connectivity index is 0. The van der Waals surface area contributed by atoms with Crippen LogP contribution in [-0.4, -0.2) is 86.1 Å². The van der Waals surface area contributed by atoms with Crippen LogP contribution in [-0.2, 0) is 18.6 Å². The summed E-state index contributed by atoms with van der Waals surface area (Å²) in [5, 5.41) is 0. The third-order valence-electron chi connectivity index (χ3n) is 1.56. The molecule has 15 radical (unpaired) electrons. The first-order chi connectivity index (χ1) is 5.49. The summed E-state index contributed by atoms with van der Waals surface area (Å²) in [6, 6.07) is 0. The molecule has 0 N–H and O–H groups in total.